The Labute approximate surface area is 110 Å². The van der Waals surface area contributed by atoms with Crippen molar-refractivity contribution < 1.29 is 12.9 Å². The zero-order valence-corrected chi connectivity index (χ0v) is 11.4. The first-order valence-electron chi connectivity index (χ1n) is 5.53. The summed E-state index contributed by atoms with van der Waals surface area (Å²) < 4.78 is 31.6. The molecule has 0 radical (unpaired) electrons. The molecule has 19 heavy (non-hydrogen) atoms. The summed E-state index contributed by atoms with van der Waals surface area (Å²) in [4.78, 5) is 3.83. The zero-order chi connectivity index (χ0) is 14.0. The Bertz CT molecular complexity index is 674. The van der Waals surface area contributed by atoms with Gasteiger partial charge in [0.15, 0.2) is 0 Å². The van der Waals surface area contributed by atoms with Crippen molar-refractivity contribution in [1.29, 1.82) is 0 Å². The molecule has 0 bridgehead atoms. The summed E-state index contributed by atoms with van der Waals surface area (Å²) in [5.74, 6) is 0.745. The van der Waals surface area contributed by atoms with E-state index >= 15 is 0 Å². The highest BCUT2D eigenvalue weighted by Crippen LogP contribution is 2.14. The molecular formula is C11H14N4O3S. The molecule has 0 aromatic carbocycles. The van der Waals surface area contributed by atoms with Gasteiger partial charge in [0.05, 0.1) is 10.6 Å². The lowest BCUT2D eigenvalue weighted by Gasteiger charge is -2.06. The van der Waals surface area contributed by atoms with Crippen LogP contribution in [0, 0.1) is 13.8 Å². The molecule has 3 N–H and O–H groups in total. The highest BCUT2D eigenvalue weighted by atomic mass is 32.2. The molecule has 2 heterocycles. The second-order valence-electron chi connectivity index (χ2n) is 4.04. The zero-order valence-electron chi connectivity index (χ0n) is 10.5. The number of nitrogens with zero attached hydrogens (tertiary/aromatic N) is 2. The quantitative estimate of drug-likeness (QED) is 0.855. The summed E-state index contributed by atoms with van der Waals surface area (Å²) in [7, 11) is -3.63. The molecule has 2 aromatic rings. The molecule has 0 aliphatic heterocycles. The number of sulfonamides is 1. The predicted molar refractivity (Wildman–Crippen MR) is 68.7 cm³/mol. The van der Waals surface area contributed by atoms with Gasteiger partial charge in [-0.05, 0) is 19.9 Å². The molecule has 102 valence electrons. The Balaban J connectivity index is 2.19. The number of aromatic nitrogens is 2. The normalized spacial score (nSPS) is 11.7. The second kappa shape index (κ2) is 4.98. The molecular weight excluding hydrogens is 268 g/mol. The van der Waals surface area contributed by atoms with Gasteiger partial charge in [-0.2, -0.15) is 0 Å². The summed E-state index contributed by atoms with van der Waals surface area (Å²) >= 11 is 0. The van der Waals surface area contributed by atoms with Gasteiger partial charge in [-0.15, -0.1) is 0 Å². The van der Waals surface area contributed by atoms with Crippen LogP contribution in [0.15, 0.2) is 27.7 Å². The second-order valence-corrected chi connectivity index (χ2v) is 5.81. The lowest BCUT2D eigenvalue weighted by Crippen LogP contribution is -2.24. The average molecular weight is 282 g/mol. The number of pyridine rings is 1. The number of nitrogen functional groups attached to an aromatic ring is 1. The Hall–Kier alpha value is -1.93. The van der Waals surface area contributed by atoms with Crippen molar-refractivity contribution in [1.82, 2.24) is 14.9 Å². The molecule has 2 aromatic heterocycles. The predicted octanol–water partition coefficient (Wildman–Crippen LogP) is 0.747. The Morgan fingerprint density at radius 2 is 2.16 bits per heavy atom. The van der Waals surface area contributed by atoms with E-state index in [0.717, 1.165) is 5.56 Å². The van der Waals surface area contributed by atoms with Crippen molar-refractivity contribution in [3.63, 3.8) is 0 Å². The van der Waals surface area contributed by atoms with Gasteiger partial charge in [0.1, 0.15) is 11.6 Å². The molecule has 0 spiro atoms. The van der Waals surface area contributed by atoms with Crippen LogP contribution >= 0.6 is 0 Å². The van der Waals surface area contributed by atoms with E-state index in [1.165, 1.54) is 18.3 Å². The van der Waals surface area contributed by atoms with Crippen molar-refractivity contribution in [3.8, 4) is 0 Å². The number of nitrogens with one attached hydrogen (secondary N) is 1. The molecule has 8 heteroatoms. The fraction of sp³-hybridized carbons (Fsp3) is 0.273. The fourth-order valence-electron chi connectivity index (χ4n) is 1.60. The van der Waals surface area contributed by atoms with Crippen LogP contribution in [-0.2, 0) is 16.6 Å². The molecule has 0 aliphatic rings. The first kappa shape index (κ1) is 13.5. The summed E-state index contributed by atoms with van der Waals surface area (Å²) in [6, 6.07) is 2.68. The minimum absolute atomic E-state index is 0.0757. The largest absolute Gasteiger partial charge is 0.384 e. The standard InChI is InChI=1S/C11H14N4O3S/c1-7-10(8(2)18-15-7)6-14-19(16,17)9-3-4-13-11(12)5-9/h3-5,14H,6H2,1-2H3,(H2,12,13). The third kappa shape index (κ3) is 2.91. The molecule has 0 unspecified atom stereocenters. The van der Waals surface area contributed by atoms with Gasteiger partial charge in [-0.1, -0.05) is 5.16 Å². The summed E-state index contributed by atoms with van der Waals surface area (Å²) in [5.41, 5.74) is 6.85. The first-order valence-corrected chi connectivity index (χ1v) is 7.01. The molecule has 0 saturated heterocycles. The van der Waals surface area contributed by atoms with E-state index in [1.807, 2.05) is 0 Å². The fourth-order valence-corrected chi connectivity index (χ4v) is 2.62. The van der Waals surface area contributed by atoms with Gasteiger partial charge in [0.25, 0.3) is 0 Å². The first-order chi connectivity index (χ1) is 8.90. The van der Waals surface area contributed by atoms with Gasteiger partial charge in [-0.25, -0.2) is 18.1 Å². The SMILES string of the molecule is Cc1noc(C)c1CNS(=O)(=O)c1ccnc(N)c1. The van der Waals surface area contributed by atoms with Crippen LogP contribution in [0.2, 0.25) is 0 Å². The lowest BCUT2D eigenvalue weighted by atomic mass is 10.2. The number of aryl methyl sites for hydroxylation is 2. The summed E-state index contributed by atoms with van der Waals surface area (Å²) in [5, 5.41) is 3.76. The minimum atomic E-state index is -3.63. The number of nitrogens with two attached hydrogens (primary N) is 1. The van der Waals surface area contributed by atoms with Crippen LogP contribution in [0.25, 0.3) is 0 Å². The van der Waals surface area contributed by atoms with E-state index in [4.69, 9.17) is 10.3 Å². The third-order valence-corrected chi connectivity index (χ3v) is 4.08. The van der Waals surface area contributed by atoms with E-state index in [9.17, 15) is 8.42 Å². The van der Waals surface area contributed by atoms with Crippen LogP contribution in [0.4, 0.5) is 5.82 Å². The van der Waals surface area contributed by atoms with E-state index < -0.39 is 10.0 Å². The Kier molecular flexibility index (Phi) is 3.54. The number of hydrogen-bond donors (Lipinski definition) is 2. The lowest BCUT2D eigenvalue weighted by molar-refractivity contribution is 0.392. The van der Waals surface area contributed by atoms with Gasteiger partial charge < -0.3 is 10.3 Å². The molecule has 0 saturated carbocycles. The van der Waals surface area contributed by atoms with E-state index in [0.29, 0.717) is 11.5 Å². The smallest absolute Gasteiger partial charge is 0.241 e. The monoisotopic (exact) mass is 282 g/mol. The summed E-state index contributed by atoms with van der Waals surface area (Å²) in [6.45, 7) is 3.60. The Morgan fingerprint density at radius 1 is 1.42 bits per heavy atom. The van der Waals surface area contributed by atoms with Gasteiger partial charge in [0.2, 0.25) is 10.0 Å². The number of anilines is 1. The van der Waals surface area contributed by atoms with Crippen molar-refractivity contribution in [2.24, 2.45) is 0 Å². The van der Waals surface area contributed by atoms with Crippen LogP contribution in [0.1, 0.15) is 17.0 Å². The minimum Gasteiger partial charge on any atom is -0.384 e. The molecule has 0 amide bonds. The maximum absolute atomic E-state index is 12.1. The maximum Gasteiger partial charge on any atom is 0.241 e. The van der Waals surface area contributed by atoms with Gasteiger partial charge >= 0.3 is 0 Å². The van der Waals surface area contributed by atoms with Crippen LogP contribution in [0.3, 0.4) is 0 Å². The highest BCUT2D eigenvalue weighted by Gasteiger charge is 2.17. The van der Waals surface area contributed by atoms with Crippen molar-refractivity contribution in [2.75, 3.05) is 5.73 Å². The maximum atomic E-state index is 12.1. The topological polar surface area (TPSA) is 111 Å². The Morgan fingerprint density at radius 3 is 2.74 bits per heavy atom. The van der Waals surface area contributed by atoms with Crippen molar-refractivity contribution >= 4 is 15.8 Å². The van der Waals surface area contributed by atoms with Gasteiger partial charge in [0, 0.05) is 24.4 Å². The summed E-state index contributed by atoms with van der Waals surface area (Å²) in [6.07, 6.45) is 1.35. The molecule has 0 fully saturated rings. The van der Waals surface area contributed by atoms with E-state index in [-0.39, 0.29) is 17.3 Å². The molecule has 7 nitrogen and oxygen atoms in total. The third-order valence-electron chi connectivity index (χ3n) is 2.68. The molecule has 0 atom stereocenters. The number of hydrogen-bond acceptors (Lipinski definition) is 6. The highest BCUT2D eigenvalue weighted by molar-refractivity contribution is 7.89. The molecule has 2 rings (SSSR count). The van der Waals surface area contributed by atoms with Crippen molar-refractivity contribution in [2.45, 2.75) is 25.3 Å². The van der Waals surface area contributed by atoms with Crippen LogP contribution < -0.4 is 10.5 Å². The molecule has 0 aliphatic carbocycles. The van der Waals surface area contributed by atoms with Gasteiger partial charge in [-0.3, -0.25) is 0 Å². The average Bonchev–Trinajstić information content (AvgIpc) is 2.67. The number of rotatable bonds is 4. The van der Waals surface area contributed by atoms with E-state index in [2.05, 4.69) is 14.9 Å². The van der Waals surface area contributed by atoms with E-state index in [1.54, 1.807) is 13.8 Å². The van der Waals surface area contributed by atoms with Crippen molar-refractivity contribution in [3.05, 3.63) is 35.3 Å². The van der Waals surface area contributed by atoms with Crippen LogP contribution in [-0.4, -0.2) is 18.6 Å². The van der Waals surface area contributed by atoms with Crippen LogP contribution in [0.5, 0.6) is 0 Å².